The summed E-state index contributed by atoms with van der Waals surface area (Å²) >= 11 is 5.74. The van der Waals surface area contributed by atoms with Crippen molar-refractivity contribution in [3.63, 3.8) is 0 Å². The molecule has 26 heavy (non-hydrogen) atoms. The van der Waals surface area contributed by atoms with Gasteiger partial charge >= 0.3 is 0 Å². The van der Waals surface area contributed by atoms with Crippen molar-refractivity contribution < 1.29 is 13.2 Å². The third-order valence-corrected chi connectivity index (χ3v) is 5.25. The molecule has 7 nitrogen and oxygen atoms in total. The first-order chi connectivity index (χ1) is 12.4. The van der Waals surface area contributed by atoms with Gasteiger partial charge in [0.2, 0.25) is 15.9 Å². The third kappa shape index (κ3) is 4.54. The lowest BCUT2D eigenvalue weighted by Gasteiger charge is -2.08. The predicted octanol–water partition coefficient (Wildman–Crippen LogP) is 2.59. The number of amides is 1. The van der Waals surface area contributed by atoms with E-state index in [4.69, 9.17) is 11.6 Å². The number of carbonyl (C=O) groups is 1. The summed E-state index contributed by atoms with van der Waals surface area (Å²) in [6.45, 7) is -0.0236. The van der Waals surface area contributed by atoms with Gasteiger partial charge in [-0.05, 0) is 42.5 Å². The van der Waals surface area contributed by atoms with Crippen LogP contribution in [0, 0.1) is 0 Å². The average Bonchev–Trinajstić information content (AvgIpc) is 2.62. The van der Waals surface area contributed by atoms with Crippen LogP contribution in [0.3, 0.4) is 0 Å². The van der Waals surface area contributed by atoms with Gasteiger partial charge in [0.1, 0.15) is 0 Å². The highest BCUT2D eigenvalue weighted by Gasteiger charge is 2.14. The Morgan fingerprint density at radius 1 is 1.00 bits per heavy atom. The van der Waals surface area contributed by atoms with E-state index in [0.717, 1.165) is 5.52 Å². The number of benzene rings is 2. The lowest BCUT2D eigenvalue weighted by molar-refractivity contribution is -0.116. The Hall–Kier alpha value is -2.55. The number of sulfonamides is 1. The molecule has 0 bridgehead atoms. The number of nitrogens with zero attached hydrogens (tertiary/aromatic N) is 2. The Kier molecular flexibility index (Phi) is 5.46. The van der Waals surface area contributed by atoms with E-state index in [9.17, 15) is 13.2 Å². The molecule has 3 aromatic rings. The Bertz CT molecular complexity index is 1040. The molecule has 0 aliphatic carbocycles. The fourth-order valence-electron chi connectivity index (χ4n) is 2.26. The number of fused-ring (bicyclic) bond motifs is 1. The van der Waals surface area contributed by atoms with Crippen LogP contribution in [-0.4, -0.2) is 30.8 Å². The van der Waals surface area contributed by atoms with Gasteiger partial charge in [-0.3, -0.25) is 14.8 Å². The first-order valence-electron chi connectivity index (χ1n) is 7.70. The molecule has 1 amide bonds. The maximum absolute atomic E-state index is 12.1. The minimum absolute atomic E-state index is 0.00861. The minimum Gasteiger partial charge on any atom is -0.326 e. The minimum atomic E-state index is -3.68. The van der Waals surface area contributed by atoms with Crippen LogP contribution in [-0.2, 0) is 14.8 Å². The first kappa shape index (κ1) is 18.2. The quantitative estimate of drug-likeness (QED) is 0.673. The van der Waals surface area contributed by atoms with Crippen LogP contribution in [0.25, 0.3) is 11.0 Å². The summed E-state index contributed by atoms with van der Waals surface area (Å²) in [5.74, 6) is -0.313. The Morgan fingerprint density at radius 3 is 2.42 bits per heavy atom. The molecule has 1 aromatic heterocycles. The number of hydrogen-bond acceptors (Lipinski definition) is 5. The number of carbonyl (C=O) groups excluding carboxylic acids is 1. The van der Waals surface area contributed by atoms with E-state index in [2.05, 4.69) is 20.0 Å². The summed E-state index contributed by atoms with van der Waals surface area (Å²) < 4.78 is 26.6. The molecular formula is C17H15ClN4O3S. The summed E-state index contributed by atoms with van der Waals surface area (Å²) in [5, 5.41) is 3.16. The monoisotopic (exact) mass is 390 g/mol. The predicted molar refractivity (Wildman–Crippen MR) is 99.4 cm³/mol. The van der Waals surface area contributed by atoms with E-state index >= 15 is 0 Å². The van der Waals surface area contributed by atoms with Gasteiger partial charge in [0.05, 0.1) is 15.9 Å². The standard InChI is InChI=1S/C17H15ClN4O3S/c18-12-1-4-14(5-2-12)26(24,25)21-8-7-17(23)22-13-3-6-15-16(11-13)20-10-9-19-15/h1-6,9-11,21H,7-8H2,(H,22,23). The van der Waals surface area contributed by atoms with Crippen molar-refractivity contribution in [1.29, 1.82) is 0 Å². The summed E-state index contributed by atoms with van der Waals surface area (Å²) in [6, 6.07) is 11.0. The second-order valence-electron chi connectivity index (χ2n) is 5.41. The van der Waals surface area contributed by atoms with E-state index in [1.54, 1.807) is 30.6 Å². The molecule has 3 rings (SSSR count). The summed E-state index contributed by atoms with van der Waals surface area (Å²) in [7, 11) is -3.68. The van der Waals surface area contributed by atoms with Crippen molar-refractivity contribution >= 4 is 44.3 Å². The maximum atomic E-state index is 12.1. The fraction of sp³-hybridized carbons (Fsp3) is 0.118. The van der Waals surface area contributed by atoms with Gasteiger partial charge in [-0.2, -0.15) is 0 Å². The summed E-state index contributed by atoms with van der Waals surface area (Å²) in [5.41, 5.74) is 1.96. The Balaban J connectivity index is 1.55. The van der Waals surface area contributed by atoms with E-state index in [0.29, 0.717) is 16.2 Å². The number of halogens is 1. The van der Waals surface area contributed by atoms with E-state index in [1.807, 2.05) is 0 Å². The number of rotatable bonds is 6. The highest BCUT2D eigenvalue weighted by molar-refractivity contribution is 7.89. The molecule has 0 spiro atoms. The van der Waals surface area contributed by atoms with Gasteiger partial charge < -0.3 is 5.32 Å². The third-order valence-electron chi connectivity index (χ3n) is 3.52. The average molecular weight is 391 g/mol. The zero-order valence-electron chi connectivity index (χ0n) is 13.5. The highest BCUT2D eigenvalue weighted by Crippen LogP contribution is 2.16. The van der Waals surface area contributed by atoms with Crippen molar-refractivity contribution in [2.24, 2.45) is 0 Å². The molecular weight excluding hydrogens is 376 g/mol. The van der Waals surface area contributed by atoms with Crippen molar-refractivity contribution in [2.45, 2.75) is 11.3 Å². The van der Waals surface area contributed by atoms with Crippen LogP contribution in [0.2, 0.25) is 5.02 Å². The molecule has 134 valence electrons. The van der Waals surface area contributed by atoms with Gasteiger partial charge in [-0.15, -0.1) is 0 Å². The molecule has 2 N–H and O–H groups in total. The zero-order chi connectivity index (χ0) is 18.6. The van der Waals surface area contributed by atoms with Crippen LogP contribution >= 0.6 is 11.6 Å². The second kappa shape index (κ2) is 7.77. The van der Waals surface area contributed by atoms with E-state index < -0.39 is 10.0 Å². The molecule has 0 aliphatic rings. The second-order valence-corrected chi connectivity index (χ2v) is 7.61. The molecule has 0 atom stereocenters. The SMILES string of the molecule is O=C(CCNS(=O)(=O)c1ccc(Cl)cc1)Nc1ccc2nccnc2c1. The van der Waals surface area contributed by atoms with Crippen molar-refractivity contribution in [1.82, 2.24) is 14.7 Å². The van der Waals surface area contributed by atoms with Gasteiger partial charge in [-0.1, -0.05) is 11.6 Å². The molecule has 0 saturated heterocycles. The summed E-state index contributed by atoms with van der Waals surface area (Å²) in [4.78, 5) is 20.4. The summed E-state index contributed by atoms with van der Waals surface area (Å²) in [6.07, 6.45) is 3.15. The molecule has 1 heterocycles. The number of anilines is 1. The molecule has 9 heteroatoms. The van der Waals surface area contributed by atoms with Gasteiger partial charge in [-0.25, -0.2) is 13.1 Å². The smallest absolute Gasteiger partial charge is 0.240 e. The molecule has 0 aliphatic heterocycles. The Labute approximate surface area is 155 Å². The van der Waals surface area contributed by atoms with Crippen LogP contribution in [0.1, 0.15) is 6.42 Å². The number of nitrogens with one attached hydrogen (secondary N) is 2. The Morgan fingerprint density at radius 2 is 1.69 bits per heavy atom. The van der Waals surface area contributed by atoms with Crippen LogP contribution in [0.4, 0.5) is 5.69 Å². The van der Waals surface area contributed by atoms with Gasteiger partial charge in [0.15, 0.2) is 0 Å². The van der Waals surface area contributed by atoms with Crippen molar-refractivity contribution in [3.8, 4) is 0 Å². The topological polar surface area (TPSA) is 101 Å². The zero-order valence-corrected chi connectivity index (χ0v) is 15.1. The lowest BCUT2D eigenvalue weighted by Crippen LogP contribution is -2.27. The van der Waals surface area contributed by atoms with Gasteiger partial charge in [0, 0.05) is 36.1 Å². The molecule has 0 fully saturated rings. The van der Waals surface area contributed by atoms with Crippen molar-refractivity contribution in [2.75, 3.05) is 11.9 Å². The van der Waals surface area contributed by atoms with Gasteiger partial charge in [0.25, 0.3) is 0 Å². The first-order valence-corrected chi connectivity index (χ1v) is 9.56. The normalized spacial score (nSPS) is 11.4. The maximum Gasteiger partial charge on any atom is 0.240 e. The van der Waals surface area contributed by atoms with Crippen LogP contribution in [0.5, 0.6) is 0 Å². The number of hydrogen-bond donors (Lipinski definition) is 2. The van der Waals surface area contributed by atoms with Crippen LogP contribution in [0.15, 0.2) is 59.8 Å². The number of aromatic nitrogens is 2. The molecule has 0 unspecified atom stereocenters. The van der Waals surface area contributed by atoms with E-state index in [1.165, 1.54) is 24.3 Å². The molecule has 0 saturated carbocycles. The molecule has 0 radical (unpaired) electrons. The fourth-order valence-corrected chi connectivity index (χ4v) is 3.42. The lowest BCUT2D eigenvalue weighted by atomic mass is 10.2. The molecule has 2 aromatic carbocycles. The largest absolute Gasteiger partial charge is 0.326 e. The van der Waals surface area contributed by atoms with Crippen molar-refractivity contribution in [3.05, 3.63) is 59.9 Å². The van der Waals surface area contributed by atoms with Crippen LogP contribution < -0.4 is 10.0 Å². The van der Waals surface area contributed by atoms with E-state index in [-0.39, 0.29) is 23.8 Å². The highest BCUT2D eigenvalue weighted by atomic mass is 35.5.